The van der Waals surface area contributed by atoms with Gasteiger partial charge < -0.3 is 10.1 Å². The van der Waals surface area contributed by atoms with Gasteiger partial charge in [-0.25, -0.2) is 9.78 Å². The first kappa shape index (κ1) is 19.4. The molecule has 0 saturated heterocycles. The van der Waals surface area contributed by atoms with Gasteiger partial charge in [-0.05, 0) is 43.5 Å². The zero-order chi connectivity index (χ0) is 21.0. The molecule has 0 amide bonds. The second-order valence-electron chi connectivity index (χ2n) is 9.32. The van der Waals surface area contributed by atoms with E-state index in [0.717, 1.165) is 52.4 Å². The summed E-state index contributed by atoms with van der Waals surface area (Å²) in [7, 11) is 0. The number of carbonyl (C=O) groups is 1. The third-order valence-corrected chi connectivity index (χ3v) is 6.16. The van der Waals surface area contributed by atoms with Crippen molar-refractivity contribution in [2.45, 2.75) is 58.3 Å². The lowest BCUT2D eigenvalue weighted by Gasteiger charge is -2.39. The van der Waals surface area contributed by atoms with Crippen LogP contribution in [0.15, 0.2) is 36.5 Å². The lowest BCUT2D eigenvalue weighted by molar-refractivity contribution is 0.0697. The summed E-state index contributed by atoms with van der Waals surface area (Å²) in [5, 5.41) is 9.11. The van der Waals surface area contributed by atoms with Gasteiger partial charge in [0.25, 0.3) is 0 Å². The van der Waals surface area contributed by atoms with Gasteiger partial charge in [0.2, 0.25) is 0 Å². The zero-order valence-corrected chi connectivity index (χ0v) is 17.6. The Morgan fingerprint density at radius 3 is 2.28 bits per heavy atom. The summed E-state index contributed by atoms with van der Waals surface area (Å²) in [4.78, 5) is 24.4. The molecule has 5 heteroatoms. The van der Waals surface area contributed by atoms with Crippen LogP contribution in [0.25, 0.3) is 22.5 Å². The Labute approximate surface area is 171 Å². The summed E-state index contributed by atoms with van der Waals surface area (Å²) in [5.41, 5.74) is 7.31. The lowest BCUT2D eigenvalue weighted by atomic mass is 9.67. The Balaban J connectivity index is 1.75. The van der Waals surface area contributed by atoms with E-state index in [9.17, 15) is 4.79 Å². The second kappa shape index (κ2) is 6.55. The number of aromatic carboxylic acids is 1. The van der Waals surface area contributed by atoms with Crippen molar-refractivity contribution in [2.24, 2.45) is 0 Å². The van der Waals surface area contributed by atoms with Crippen molar-refractivity contribution in [3.8, 4) is 22.5 Å². The number of aromatic amines is 1. The number of nitrogens with zero attached hydrogens (tertiary/aromatic N) is 2. The average Bonchev–Trinajstić information content (AvgIpc) is 3.07. The van der Waals surface area contributed by atoms with Gasteiger partial charge in [-0.15, -0.1) is 0 Å². The number of carboxylic acid groups (broad SMARTS) is 1. The molecule has 0 atom stereocenters. The monoisotopic (exact) mass is 389 g/mol. The van der Waals surface area contributed by atoms with E-state index >= 15 is 0 Å². The first-order chi connectivity index (χ1) is 13.6. The van der Waals surface area contributed by atoms with Crippen LogP contribution in [0.3, 0.4) is 0 Å². The molecule has 150 valence electrons. The number of fused-ring (bicyclic) bond motifs is 1. The minimum atomic E-state index is -0.919. The van der Waals surface area contributed by atoms with E-state index in [0.29, 0.717) is 0 Å². The highest BCUT2D eigenvalue weighted by Crippen LogP contribution is 2.44. The highest BCUT2D eigenvalue weighted by Gasteiger charge is 2.39. The molecule has 1 aliphatic carbocycles. The molecule has 1 aromatic carbocycles. The van der Waals surface area contributed by atoms with Crippen molar-refractivity contribution in [2.75, 3.05) is 0 Å². The van der Waals surface area contributed by atoms with Gasteiger partial charge >= 0.3 is 5.97 Å². The maximum atomic E-state index is 11.1. The Morgan fingerprint density at radius 1 is 1.03 bits per heavy atom. The third kappa shape index (κ3) is 3.35. The third-order valence-electron chi connectivity index (χ3n) is 6.16. The van der Waals surface area contributed by atoms with Crippen LogP contribution in [0, 0.1) is 6.92 Å². The molecule has 4 rings (SSSR count). The number of carboxylic acids is 1. The molecule has 2 aromatic heterocycles. The highest BCUT2D eigenvalue weighted by molar-refractivity contribution is 5.88. The van der Waals surface area contributed by atoms with Crippen molar-refractivity contribution >= 4 is 5.97 Å². The molecule has 29 heavy (non-hydrogen) atoms. The maximum absolute atomic E-state index is 11.1. The van der Waals surface area contributed by atoms with Crippen LogP contribution in [-0.2, 0) is 10.8 Å². The van der Waals surface area contributed by atoms with Crippen molar-refractivity contribution in [1.29, 1.82) is 0 Å². The van der Waals surface area contributed by atoms with E-state index in [1.165, 1.54) is 0 Å². The van der Waals surface area contributed by atoms with Crippen LogP contribution < -0.4 is 0 Å². The van der Waals surface area contributed by atoms with Crippen LogP contribution in [0.5, 0.6) is 0 Å². The number of rotatable bonds is 3. The van der Waals surface area contributed by atoms with E-state index in [4.69, 9.17) is 15.1 Å². The molecule has 0 spiro atoms. The van der Waals surface area contributed by atoms with Gasteiger partial charge in [0.1, 0.15) is 5.69 Å². The van der Waals surface area contributed by atoms with Crippen LogP contribution >= 0.6 is 0 Å². The normalized spacial score (nSPS) is 17.0. The van der Waals surface area contributed by atoms with Crippen molar-refractivity contribution < 1.29 is 9.90 Å². The van der Waals surface area contributed by atoms with E-state index in [2.05, 4.69) is 38.7 Å². The predicted molar refractivity (Wildman–Crippen MR) is 114 cm³/mol. The second-order valence-corrected chi connectivity index (χ2v) is 9.32. The predicted octanol–water partition coefficient (Wildman–Crippen LogP) is 5.49. The minimum Gasteiger partial charge on any atom is -0.478 e. The number of aryl methyl sites for hydroxylation is 1. The molecular formula is C24H27N3O2. The largest absolute Gasteiger partial charge is 0.478 e. The Kier molecular flexibility index (Phi) is 4.37. The van der Waals surface area contributed by atoms with Gasteiger partial charge in [0.15, 0.2) is 0 Å². The number of aromatic nitrogens is 3. The summed E-state index contributed by atoms with van der Waals surface area (Å²) in [5.74, 6) is -0.919. The molecule has 5 nitrogen and oxygen atoms in total. The van der Waals surface area contributed by atoms with Gasteiger partial charge in [-0.2, -0.15) is 0 Å². The summed E-state index contributed by atoms with van der Waals surface area (Å²) < 4.78 is 0. The molecule has 0 fully saturated rings. The number of hydrogen-bond acceptors (Lipinski definition) is 3. The number of nitrogens with one attached hydrogen (secondary N) is 1. The summed E-state index contributed by atoms with van der Waals surface area (Å²) in [6.07, 6.45) is 4.07. The van der Waals surface area contributed by atoms with Gasteiger partial charge in [0.05, 0.1) is 28.8 Å². The quantitative estimate of drug-likeness (QED) is 0.620. The average molecular weight is 389 g/mol. The molecule has 2 heterocycles. The van der Waals surface area contributed by atoms with Crippen LogP contribution in [-0.4, -0.2) is 26.0 Å². The lowest BCUT2D eigenvalue weighted by Crippen LogP contribution is -2.36. The SMILES string of the molecule is Cc1[nH]c(-c2cnc3c(n2)C(C)(C)CCC3(C)C)cc1-c1ccc(C(=O)O)cc1. The molecule has 0 radical (unpaired) electrons. The molecular weight excluding hydrogens is 362 g/mol. The molecule has 2 N–H and O–H groups in total. The topological polar surface area (TPSA) is 78.9 Å². The summed E-state index contributed by atoms with van der Waals surface area (Å²) >= 11 is 0. The summed E-state index contributed by atoms with van der Waals surface area (Å²) in [6.45, 7) is 11.0. The van der Waals surface area contributed by atoms with Crippen molar-refractivity contribution in [3.63, 3.8) is 0 Å². The molecule has 0 bridgehead atoms. The van der Waals surface area contributed by atoms with Crippen molar-refractivity contribution in [1.82, 2.24) is 15.0 Å². The first-order valence-corrected chi connectivity index (χ1v) is 10.0. The van der Waals surface area contributed by atoms with E-state index < -0.39 is 5.97 Å². The molecule has 0 aliphatic heterocycles. The smallest absolute Gasteiger partial charge is 0.335 e. The van der Waals surface area contributed by atoms with Crippen molar-refractivity contribution in [3.05, 3.63) is 59.2 Å². The Hall–Kier alpha value is -2.95. The van der Waals surface area contributed by atoms with Crippen LogP contribution in [0.1, 0.15) is 68.0 Å². The fourth-order valence-electron chi connectivity index (χ4n) is 4.14. The fraction of sp³-hybridized carbons (Fsp3) is 0.375. The molecule has 0 saturated carbocycles. The Morgan fingerprint density at radius 2 is 1.66 bits per heavy atom. The van der Waals surface area contributed by atoms with Gasteiger partial charge in [-0.1, -0.05) is 39.8 Å². The number of benzene rings is 1. The van der Waals surface area contributed by atoms with E-state index in [-0.39, 0.29) is 16.4 Å². The van der Waals surface area contributed by atoms with Crippen LogP contribution in [0.4, 0.5) is 0 Å². The maximum Gasteiger partial charge on any atom is 0.335 e. The molecule has 3 aromatic rings. The number of hydrogen-bond donors (Lipinski definition) is 2. The fourth-order valence-corrected chi connectivity index (χ4v) is 4.14. The molecule has 0 unspecified atom stereocenters. The van der Waals surface area contributed by atoms with E-state index in [1.807, 2.05) is 25.3 Å². The zero-order valence-electron chi connectivity index (χ0n) is 17.6. The standard InChI is InChI=1S/C24H27N3O2/c1-14-17(15-6-8-16(9-7-15)22(28)29)12-18(26-14)19-13-25-20-21(27-19)24(4,5)11-10-23(20,2)3/h6-9,12-13,26H,10-11H2,1-5H3,(H,28,29). The minimum absolute atomic E-state index is 0.00495. The van der Waals surface area contributed by atoms with E-state index in [1.54, 1.807) is 12.1 Å². The van der Waals surface area contributed by atoms with Crippen LogP contribution in [0.2, 0.25) is 0 Å². The molecule has 1 aliphatic rings. The Bertz CT molecular complexity index is 1090. The van der Waals surface area contributed by atoms with Gasteiger partial charge in [0, 0.05) is 22.1 Å². The van der Waals surface area contributed by atoms with Gasteiger partial charge in [-0.3, -0.25) is 4.98 Å². The highest BCUT2D eigenvalue weighted by atomic mass is 16.4. The first-order valence-electron chi connectivity index (χ1n) is 10.0. The summed E-state index contributed by atoms with van der Waals surface area (Å²) in [6, 6.07) is 9.02. The number of H-pyrrole nitrogens is 1.